The normalized spacial score (nSPS) is 10.6. The van der Waals surface area contributed by atoms with Gasteiger partial charge in [0.05, 0.1) is 52.0 Å². The summed E-state index contributed by atoms with van der Waals surface area (Å²) in [5.41, 5.74) is 3.95. The van der Waals surface area contributed by atoms with Gasteiger partial charge in [0.15, 0.2) is 15.7 Å². The van der Waals surface area contributed by atoms with Gasteiger partial charge in [-0.2, -0.15) is 17.6 Å². The van der Waals surface area contributed by atoms with E-state index >= 15 is 0 Å². The zero-order valence-electron chi connectivity index (χ0n) is 25.6. The summed E-state index contributed by atoms with van der Waals surface area (Å²) in [7, 11) is 3.04. The third-order valence-corrected chi connectivity index (χ3v) is 7.99. The lowest BCUT2D eigenvalue weighted by molar-refractivity contribution is -0.908. The van der Waals surface area contributed by atoms with Crippen LogP contribution < -0.4 is 23.7 Å². The van der Waals surface area contributed by atoms with Crippen LogP contribution in [-0.4, -0.2) is 57.6 Å². The molecule has 0 atom stereocenters. The minimum atomic E-state index is -2.86. The zero-order chi connectivity index (χ0) is 35.7. The lowest BCUT2D eigenvalue weighted by atomic mass is 10.3. The molecular weight excluding hydrogens is 747 g/mol. The summed E-state index contributed by atoms with van der Waals surface area (Å²) in [5, 5.41) is 10.7. The number of aromatic amines is 3. The first kappa shape index (κ1) is 40.0. The number of hydrogen-bond acceptors (Lipinski definition) is 9. The third kappa shape index (κ3) is 10.8. The highest BCUT2D eigenvalue weighted by molar-refractivity contribution is 7.98. The fourth-order valence-electron chi connectivity index (χ4n) is 4.16. The molecule has 0 unspecified atom stereocenters. The number of imidazole rings is 2. The van der Waals surface area contributed by atoms with Crippen molar-refractivity contribution in [2.24, 2.45) is 0 Å². The van der Waals surface area contributed by atoms with Gasteiger partial charge in [-0.15, -0.1) is 0 Å². The summed E-state index contributed by atoms with van der Waals surface area (Å²) < 4.78 is 68.5. The molecule has 0 aliphatic heterocycles. The summed E-state index contributed by atoms with van der Waals surface area (Å²) in [4.78, 5) is 17.4. The topological polar surface area (TPSA) is 134 Å². The molecule has 0 saturated heterocycles. The molecule has 0 aliphatic rings. The molecule has 268 valence electrons. The quantitative estimate of drug-likeness (QED) is 0.0373. The number of methoxy groups -OCH3 is 2. The number of H-pyrrole nitrogens is 3. The molecule has 4 N–H and O–H groups in total. The summed E-state index contributed by atoms with van der Waals surface area (Å²) in [6.07, 6.45) is 3.06. The van der Waals surface area contributed by atoms with Crippen molar-refractivity contribution in [1.82, 2.24) is 24.9 Å². The lowest BCUT2D eigenvalue weighted by Gasteiger charge is -2.07. The van der Waals surface area contributed by atoms with Crippen molar-refractivity contribution in [3.05, 3.63) is 87.1 Å². The van der Waals surface area contributed by atoms with Gasteiger partial charge in [-0.25, -0.2) is 4.98 Å². The minimum Gasteiger partial charge on any atom is -0.493 e. The Kier molecular flexibility index (Phi) is 14.8. The summed E-state index contributed by atoms with van der Waals surface area (Å²) in [6, 6.07) is 12.3. The molecule has 0 aliphatic carbocycles. The van der Waals surface area contributed by atoms with Crippen LogP contribution in [-0.2, 0) is 5.75 Å². The van der Waals surface area contributed by atoms with Gasteiger partial charge in [0, 0.05) is 41.8 Å². The molecule has 0 spiro atoms. The predicted octanol–water partition coefficient (Wildman–Crippen LogP) is 9.16. The van der Waals surface area contributed by atoms with E-state index in [4.69, 9.17) is 50.1 Å². The number of hydrogen-bond donors (Lipinski definition) is 4. The Balaban J connectivity index is 0.000000221. The number of ether oxygens (including phenoxy) is 4. The molecule has 0 bridgehead atoms. The molecule has 0 amide bonds. The Bertz CT molecular complexity index is 2080. The van der Waals surface area contributed by atoms with Crippen molar-refractivity contribution in [3.8, 4) is 23.0 Å². The van der Waals surface area contributed by atoms with Gasteiger partial charge in [-0.1, -0.05) is 42.4 Å². The second kappa shape index (κ2) is 18.5. The first-order valence-electron chi connectivity index (χ1n) is 13.7. The van der Waals surface area contributed by atoms with E-state index < -0.39 is 13.2 Å². The smallest absolute Gasteiger partial charge is 0.387 e. The highest BCUT2D eigenvalue weighted by Gasteiger charge is 2.15. The van der Waals surface area contributed by atoms with E-state index in [1.165, 1.54) is 56.4 Å². The fraction of sp³-hybridized carbons (Fsp3) is 0.226. The average molecular weight is 779 g/mol. The maximum absolute atomic E-state index is 12.3. The van der Waals surface area contributed by atoms with Crippen molar-refractivity contribution in [3.63, 3.8) is 0 Å². The number of halogens is 6. The van der Waals surface area contributed by atoms with Gasteiger partial charge in [0.1, 0.15) is 11.5 Å². The van der Waals surface area contributed by atoms with Crippen LogP contribution in [0.25, 0.3) is 22.1 Å². The zero-order valence-corrected chi connectivity index (χ0v) is 28.8. The van der Waals surface area contributed by atoms with Crippen molar-refractivity contribution in [2.75, 3.05) is 14.2 Å². The lowest BCUT2D eigenvalue weighted by Crippen LogP contribution is -2.33. The van der Waals surface area contributed by atoms with Gasteiger partial charge in [0.25, 0.3) is 5.69 Å². The van der Waals surface area contributed by atoms with Gasteiger partial charge in [-0.05, 0) is 42.5 Å². The molecule has 0 radical (unpaired) electrons. The Labute approximate surface area is 302 Å². The number of nitrogens with zero attached hydrogens (tertiary/aromatic N) is 3. The summed E-state index contributed by atoms with van der Waals surface area (Å²) in [6.45, 7) is -3.96. The molecular formula is C31H31Cl2F4N6O5S2+. The maximum Gasteiger partial charge on any atom is 0.387 e. The Hall–Kier alpha value is -4.45. The van der Waals surface area contributed by atoms with Crippen LogP contribution in [0.5, 0.6) is 23.0 Å². The number of alkyl halides is 4. The number of fused-ring (bicyclic) bond motifs is 2. The molecule has 4 aromatic heterocycles. The number of rotatable bonds is 9. The van der Waals surface area contributed by atoms with E-state index in [-0.39, 0.29) is 18.9 Å². The average Bonchev–Trinajstić information content (AvgIpc) is 3.63. The van der Waals surface area contributed by atoms with E-state index in [2.05, 4.69) is 34.4 Å². The number of benzene rings is 2. The SMILES string of the molecule is C.COc1c(Cl)cc[n+](O)c1C.COc1c(Cl)ccnc1CSc1nc2ccc(OC(F)F)cc2[nH]1.FC(F)Oc1ccc2[nH]c(=S)[nH]c2c1. The Morgan fingerprint density at radius 3 is 2.08 bits per heavy atom. The van der Waals surface area contributed by atoms with Crippen LogP contribution in [0.3, 0.4) is 0 Å². The van der Waals surface area contributed by atoms with Gasteiger partial charge < -0.3 is 33.9 Å². The van der Waals surface area contributed by atoms with E-state index in [1.807, 2.05) is 0 Å². The van der Waals surface area contributed by atoms with E-state index in [1.54, 1.807) is 37.4 Å². The first-order valence-corrected chi connectivity index (χ1v) is 15.9. The van der Waals surface area contributed by atoms with Crippen LogP contribution in [0.2, 0.25) is 10.0 Å². The van der Waals surface area contributed by atoms with Crippen molar-refractivity contribution in [2.45, 2.75) is 38.5 Å². The number of nitrogens with one attached hydrogen (secondary N) is 3. The number of pyridine rings is 2. The molecule has 11 nitrogen and oxygen atoms in total. The molecule has 6 aromatic rings. The molecule has 0 fully saturated rings. The molecule has 0 saturated carbocycles. The van der Waals surface area contributed by atoms with E-state index in [0.717, 1.165) is 10.2 Å². The second-order valence-corrected chi connectivity index (χ2v) is 11.6. The third-order valence-electron chi connectivity index (χ3n) is 6.30. The van der Waals surface area contributed by atoms with Gasteiger partial charge in [-0.3, -0.25) is 10.2 Å². The highest BCUT2D eigenvalue weighted by atomic mass is 35.5. The van der Waals surface area contributed by atoms with E-state index in [0.29, 0.717) is 65.2 Å². The Morgan fingerprint density at radius 2 is 1.46 bits per heavy atom. The van der Waals surface area contributed by atoms with E-state index in [9.17, 15) is 17.6 Å². The van der Waals surface area contributed by atoms with Crippen molar-refractivity contribution < 1.29 is 46.4 Å². The predicted molar refractivity (Wildman–Crippen MR) is 185 cm³/mol. The van der Waals surface area contributed by atoms with Gasteiger partial charge in [0.2, 0.25) is 11.9 Å². The van der Waals surface area contributed by atoms with Crippen LogP contribution in [0.4, 0.5) is 17.6 Å². The summed E-state index contributed by atoms with van der Waals surface area (Å²) >= 11 is 18.1. The fourth-order valence-corrected chi connectivity index (χ4v) is 5.72. The molecule has 19 heteroatoms. The standard InChI is InChI=1S/C15H12ClF2N3O2S.C8H6F2N2OS.C7H9ClNO2.CH4/c1-22-13-9(16)4-5-19-12(13)7-24-15-20-10-3-2-8(23-14(17)18)6-11(10)21-15;9-7(10)13-4-1-2-5-6(3-4)12-8(14)11-5;1-5-7(11-2)6(8)3-4-9(5)10;/h2-6,14H,7H2,1H3,(H,20,21);1-3,7H,(H2,11,12,14);3-4,10H,1-2H3;1H4/q;;+1;. The maximum atomic E-state index is 12.3. The van der Waals surface area contributed by atoms with Gasteiger partial charge >= 0.3 is 13.2 Å². The molecule has 4 heterocycles. The van der Waals surface area contributed by atoms with Crippen LogP contribution in [0.15, 0.2) is 66.1 Å². The highest BCUT2D eigenvalue weighted by Crippen LogP contribution is 2.32. The molecule has 6 rings (SSSR count). The molecule has 50 heavy (non-hydrogen) atoms. The monoisotopic (exact) mass is 777 g/mol. The Morgan fingerprint density at radius 1 is 0.860 bits per heavy atom. The van der Waals surface area contributed by atoms with Crippen molar-refractivity contribution >= 4 is 69.2 Å². The largest absolute Gasteiger partial charge is 0.493 e. The van der Waals surface area contributed by atoms with Crippen molar-refractivity contribution in [1.29, 1.82) is 0 Å². The van der Waals surface area contributed by atoms with Crippen LogP contribution in [0.1, 0.15) is 18.8 Å². The summed E-state index contributed by atoms with van der Waals surface area (Å²) in [5.74, 6) is 1.70. The first-order chi connectivity index (χ1) is 23.4. The second-order valence-electron chi connectivity index (χ2n) is 9.45. The van der Waals surface area contributed by atoms with Crippen LogP contribution in [0, 0.1) is 11.7 Å². The minimum absolute atomic E-state index is 0. The number of thioether (sulfide) groups is 1. The number of aromatic nitrogens is 6. The van der Waals surface area contributed by atoms with Crippen LogP contribution >= 0.6 is 47.2 Å². The molecule has 2 aromatic carbocycles.